The highest BCUT2D eigenvalue weighted by Gasteiger charge is 2.12. The molecule has 1 aromatic heterocycles. The molecule has 17 heavy (non-hydrogen) atoms. The van der Waals surface area contributed by atoms with E-state index < -0.39 is 0 Å². The lowest BCUT2D eigenvalue weighted by Gasteiger charge is -2.17. The molecule has 0 fully saturated rings. The number of anilines is 1. The molecule has 0 saturated carbocycles. The normalized spacial score (nSPS) is 10.3. The molecule has 0 spiro atoms. The van der Waals surface area contributed by atoms with Crippen LogP contribution in [0.3, 0.4) is 0 Å². The minimum Gasteiger partial charge on any atom is -0.384 e. The standard InChI is InChI=1S/C13H21N3O/c1-4-5-6-7-16(3)13(17)11-8-10(2)15-12(14)9-11/h8-9H,4-7H2,1-3H3,(H2,14,15). The second-order valence-electron chi connectivity index (χ2n) is 4.36. The molecule has 1 amide bonds. The lowest BCUT2D eigenvalue weighted by atomic mass is 10.2. The molecule has 0 atom stereocenters. The number of carbonyl (C=O) groups excluding carboxylic acids is 1. The van der Waals surface area contributed by atoms with Gasteiger partial charge in [-0.2, -0.15) is 0 Å². The van der Waals surface area contributed by atoms with E-state index in [1.54, 1.807) is 17.0 Å². The van der Waals surface area contributed by atoms with E-state index >= 15 is 0 Å². The molecule has 4 heteroatoms. The van der Waals surface area contributed by atoms with Crippen molar-refractivity contribution < 1.29 is 4.79 Å². The van der Waals surface area contributed by atoms with E-state index in [-0.39, 0.29) is 5.91 Å². The maximum absolute atomic E-state index is 12.1. The SMILES string of the molecule is CCCCCN(C)C(=O)c1cc(C)nc(N)c1. The summed E-state index contributed by atoms with van der Waals surface area (Å²) < 4.78 is 0. The number of nitrogens with zero attached hydrogens (tertiary/aromatic N) is 2. The molecule has 0 aliphatic heterocycles. The van der Waals surface area contributed by atoms with Gasteiger partial charge < -0.3 is 10.6 Å². The molecule has 2 N–H and O–H groups in total. The number of nitrogens with two attached hydrogens (primary N) is 1. The number of unbranched alkanes of at least 4 members (excludes halogenated alkanes) is 2. The maximum atomic E-state index is 12.1. The van der Waals surface area contributed by atoms with E-state index in [2.05, 4.69) is 11.9 Å². The zero-order valence-corrected chi connectivity index (χ0v) is 10.9. The van der Waals surface area contributed by atoms with E-state index in [9.17, 15) is 4.79 Å². The number of hydrogen-bond acceptors (Lipinski definition) is 3. The third kappa shape index (κ3) is 4.06. The van der Waals surface area contributed by atoms with Crippen molar-refractivity contribution in [3.63, 3.8) is 0 Å². The lowest BCUT2D eigenvalue weighted by Crippen LogP contribution is -2.28. The molecule has 1 heterocycles. The summed E-state index contributed by atoms with van der Waals surface area (Å²) in [7, 11) is 1.82. The molecular formula is C13H21N3O. The first-order valence-corrected chi connectivity index (χ1v) is 6.04. The van der Waals surface area contributed by atoms with E-state index in [0.29, 0.717) is 11.4 Å². The number of aryl methyl sites for hydroxylation is 1. The number of hydrogen-bond donors (Lipinski definition) is 1. The van der Waals surface area contributed by atoms with Crippen molar-refractivity contribution in [3.8, 4) is 0 Å². The molecule has 0 aliphatic rings. The third-order valence-electron chi connectivity index (χ3n) is 2.66. The van der Waals surface area contributed by atoms with Crippen LogP contribution in [0.5, 0.6) is 0 Å². The molecule has 0 unspecified atom stereocenters. The van der Waals surface area contributed by atoms with E-state index in [1.807, 2.05) is 14.0 Å². The van der Waals surface area contributed by atoms with Crippen LogP contribution in [-0.2, 0) is 0 Å². The molecule has 0 bridgehead atoms. The monoisotopic (exact) mass is 235 g/mol. The van der Waals surface area contributed by atoms with Gasteiger partial charge in [-0.15, -0.1) is 0 Å². The van der Waals surface area contributed by atoms with E-state index in [4.69, 9.17) is 5.73 Å². The van der Waals surface area contributed by atoms with Crippen LogP contribution in [-0.4, -0.2) is 29.4 Å². The van der Waals surface area contributed by atoms with Crippen LogP contribution in [0.2, 0.25) is 0 Å². The quantitative estimate of drug-likeness (QED) is 0.796. The first kappa shape index (κ1) is 13.5. The van der Waals surface area contributed by atoms with Gasteiger partial charge in [0.2, 0.25) is 0 Å². The smallest absolute Gasteiger partial charge is 0.253 e. The fraction of sp³-hybridized carbons (Fsp3) is 0.538. The van der Waals surface area contributed by atoms with Crippen molar-refractivity contribution in [2.24, 2.45) is 0 Å². The molecule has 1 aromatic rings. The average molecular weight is 235 g/mol. The molecule has 0 aliphatic carbocycles. The number of aromatic nitrogens is 1. The third-order valence-corrected chi connectivity index (χ3v) is 2.66. The first-order valence-electron chi connectivity index (χ1n) is 6.04. The summed E-state index contributed by atoms with van der Waals surface area (Å²) in [6.45, 7) is 4.77. The zero-order chi connectivity index (χ0) is 12.8. The Morgan fingerprint density at radius 2 is 2.12 bits per heavy atom. The Morgan fingerprint density at radius 1 is 1.41 bits per heavy atom. The summed E-state index contributed by atoms with van der Waals surface area (Å²) in [6.07, 6.45) is 3.34. The minimum atomic E-state index is 0.0123. The Kier molecular flexibility index (Phi) is 4.94. The largest absolute Gasteiger partial charge is 0.384 e. The van der Waals surface area contributed by atoms with Gasteiger partial charge >= 0.3 is 0 Å². The van der Waals surface area contributed by atoms with Crippen molar-refractivity contribution in [2.75, 3.05) is 19.3 Å². The van der Waals surface area contributed by atoms with Gasteiger partial charge in [0.15, 0.2) is 0 Å². The number of pyridine rings is 1. The zero-order valence-electron chi connectivity index (χ0n) is 10.9. The second kappa shape index (κ2) is 6.23. The van der Waals surface area contributed by atoms with Gasteiger partial charge in [-0.05, 0) is 25.5 Å². The van der Waals surface area contributed by atoms with E-state index in [0.717, 1.165) is 31.5 Å². The second-order valence-corrected chi connectivity index (χ2v) is 4.36. The van der Waals surface area contributed by atoms with Gasteiger partial charge in [0.25, 0.3) is 5.91 Å². The van der Waals surface area contributed by atoms with Crippen LogP contribution in [0.1, 0.15) is 42.2 Å². The molecule has 94 valence electrons. The fourth-order valence-corrected chi connectivity index (χ4v) is 1.74. The average Bonchev–Trinajstić information content (AvgIpc) is 2.27. The van der Waals surface area contributed by atoms with E-state index in [1.165, 1.54) is 0 Å². The number of amides is 1. The maximum Gasteiger partial charge on any atom is 0.253 e. The highest BCUT2D eigenvalue weighted by atomic mass is 16.2. The van der Waals surface area contributed by atoms with Gasteiger partial charge in [-0.1, -0.05) is 19.8 Å². The Hall–Kier alpha value is -1.58. The molecule has 0 saturated heterocycles. The summed E-state index contributed by atoms with van der Waals surface area (Å²) in [4.78, 5) is 17.9. The van der Waals surface area contributed by atoms with Crippen LogP contribution in [0, 0.1) is 6.92 Å². The van der Waals surface area contributed by atoms with Crippen LogP contribution < -0.4 is 5.73 Å². The minimum absolute atomic E-state index is 0.0123. The Labute approximate surface area is 103 Å². The van der Waals surface area contributed by atoms with Crippen LogP contribution in [0.15, 0.2) is 12.1 Å². The molecular weight excluding hydrogens is 214 g/mol. The van der Waals surface area contributed by atoms with Crippen LogP contribution in [0.4, 0.5) is 5.82 Å². The van der Waals surface area contributed by atoms with Crippen molar-refractivity contribution in [2.45, 2.75) is 33.1 Å². The number of nitrogen functional groups attached to an aromatic ring is 1. The van der Waals surface area contributed by atoms with Crippen molar-refractivity contribution in [1.82, 2.24) is 9.88 Å². The Balaban J connectivity index is 2.68. The topological polar surface area (TPSA) is 59.2 Å². The molecule has 0 aromatic carbocycles. The summed E-state index contributed by atoms with van der Waals surface area (Å²) in [5, 5.41) is 0. The van der Waals surface area contributed by atoms with Crippen LogP contribution >= 0.6 is 0 Å². The van der Waals surface area contributed by atoms with Crippen molar-refractivity contribution in [3.05, 3.63) is 23.4 Å². The Morgan fingerprint density at radius 3 is 2.71 bits per heavy atom. The predicted octanol–water partition coefficient (Wildman–Crippen LogP) is 2.23. The number of carbonyl (C=O) groups is 1. The van der Waals surface area contributed by atoms with Gasteiger partial charge in [0, 0.05) is 24.8 Å². The van der Waals surface area contributed by atoms with Gasteiger partial charge in [0.05, 0.1) is 0 Å². The van der Waals surface area contributed by atoms with Gasteiger partial charge in [0.1, 0.15) is 5.82 Å². The molecule has 0 radical (unpaired) electrons. The Bertz CT molecular complexity index is 370. The van der Waals surface area contributed by atoms with Crippen LogP contribution in [0.25, 0.3) is 0 Å². The molecule has 1 rings (SSSR count). The summed E-state index contributed by atoms with van der Waals surface area (Å²) in [5.74, 6) is 0.411. The van der Waals surface area contributed by atoms with Gasteiger partial charge in [-0.25, -0.2) is 4.98 Å². The highest BCUT2D eigenvalue weighted by Crippen LogP contribution is 2.10. The highest BCUT2D eigenvalue weighted by molar-refractivity contribution is 5.94. The first-order chi connectivity index (χ1) is 8.04. The molecule has 4 nitrogen and oxygen atoms in total. The lowest BCUT2D eigenvalue weighted by molar-refractivity contribution is 0.0792. The predicted molar refractivity (Wildman–Crippen MR) is 69.9 cm³/mol. The summed E-state index contributed by atoms with van der Waals surface area (Å²) >= 11 is 0. The fourth-order valence-electron chi connectivity index (χ4n) is 1.74. The number of rotatable bonds is 5. The van der Waals surface area contributed by atoms with Crippen molar-refractivity contribution in [1.29, 1.82) is 0 Å². The summed E-state index contributed by atoms with van der Waals surface area (Å²) in [6, 6.07) is 3.40. The van der Waals surface area contributed by atoms with Gasteiger partial charge in [-0.3, -0.25) is 4.79 Å². The van der Waals surface area contributed by atoms with Crippen molar-refractivity contribution >= 4 is 11.7 Å². The summed E-state index contributed by atoms with van der Waals surface area (Å²) in [5.41, 5.74) is 7.03.